The number of rotatable bonds is 5. The average molecular weight is 565 g/mol. The van der Waals surface area contributed by atoms with Gasteiger partial charge in [-0.25, -0.2) is 4.98 Å². The number of thiazole rings is 1. The van der Waals surface area contributed by atoms with Crippen LogP contribution >= 0.6 is 11.3 Å². The fourth-order valence-electron chi connectivity index (χ4n) is 5.17. The molecule has 3 heterocycles. The van der Waals surface area contributed by atoms with Crippen molar-refractivity contribution in [3.8, 4) is 17.0 Å². The molecule has 0 N–H and O–H groups in total. The first-order valence-electron chi connectivity index (χ1n) is 12.9. The lowest BCUT2D eigenvalue weighted by Crippen LogP contribution is -2.48. The van der Waals surface area contributed by atoms with Crippen molar-refractivity contribution in [3.05, 3.63) is 89.1 Å². The Balaban J connectivity index is 1.25. The summed E-state index contributed by atoms with van der Waals surface area (Å²) in [6, 6.07) is 18.7. The summed E-state index contributed by atoms with van der Waals surface area (Å²) >= 11 is 1.66. The van der Waals surface area contributed by atoms with E-state index in [1.165, 1.54) is 22.4 Å². The quantitative estimate of drug-likeness (QED) is 0.244. The summed E-state index contributed by atoms with van der Waals surface area (Å²) in [5, 5.41) is 0. The number of halogens is 3. The van der Waals surface area contributed by atoms with Gasteiger partial charge in [0.2, 0.25) is 0 Å². The van der Waals surface area contributed by atoms with E-state index in [1.54, 1.807) is 23.3 Å². The number of aromatic nitrogens is 2. The maximum atomic E-state index is 13.0. The summed E-state index contributed by atoms with van der Waals surface area (Å²) in [5.74, 6) is 0.527. The predicted molar refractivity (Wildman–Crippen MR) is 150 cm³/mol. The van der Waals surface area contributed by atoms with Gasteiger partial charge in [0.1, 0.15) is 5.75 Å². The van der Waals surface area contributed by atoms with Crippen LogP contribution in [0.4, 0.5) is 13.2 Å². The molecule has 1 amide bonds. The smallest absolute Gasteiger partial charge is 0.416 e. The predicted octanol–water partition coefficient (Wildman–Crippen LogP) is 6.51. The van der Waals surface area contributed by atoms with Gasteiger partial charge in [-0.1, -0.05) is 17.4 Å². The highest BCUT2D eigenvalue weighted by Gasteiger charge is 2.31. The van der Waals surface area contributed by atoms with Gasteiger partial charge in [-0.3, -0.25) is 14.1 Å². The number of nitrogens with zero attached hydrogens (tertiary/aromatic N) is 4. The van der Waals surface area contributed by atoms with E-state index in [4.69, 9.17) is 9.72 Å². The summed E-state index contributed by atoms with van der Waals surface area (Å²) in [5.41, 5.74) is 4.82. The minimum atomic E-state index is -4.43. The molecule has 0 spiro atoms. The minimum absolute atomic E-state index is 0.252. The van der Waals surface area contributed by atoms with Crippen LogP contribution in [0, 0.1) is 6.92 Å². The van der Waals surface area contributed by atoms with Crippen molar-refractivity contribution in [3.63, 3.8) is 0 Å². The standard InChI is InChI=1S/C30H27F3N4O2S/c1-19-3-12-24-26(17-19)40-29-34-27(20-6-10-23(39-2)11-7-20)25(37(24)29)18-35-13-15-36(16-14-35)28(38)21-4-8-22(9-5-21)30(31,32)33/h3-12,17H,13-16,18H2,1-2H3. The van der Waals surface area contributed by atoms with E-state index >= 15 is 0 Å². The molecule has 0 unspecified atom stereocenters. The van der Waals surface area contributed by atoms with Crippen LogP contribution in [0.2, 0.25) is 0 Å². The maximum Gasteiger partial charge on any atom is 0.416 e. The topological polar surface area (TPSA) is 50.1 Å². The zero-order chi connectivity index (χ0) is 28.0. The van der Waals surface area contributed by atoms with E-state index in [1.807, 2.05) is 24.3 Å². The average Bonchev–Trinajstić information content (AvgIpc) is 3.48. The Morgan fingerprint density at radius 1 is 0.975 bits per heavy atom. The highest BCUT2D eigenvalue weighted by Crippen LogP contribution is 2.35. The number of methoxy groups -OCH3 is 1. The molecule has 1 aliphatic rings. The molecule has 6 nitrogen and oxygen atoms in total. The van der Waals surface area contributed by atoms with Gasteiger partial charge in [0, 0.05) is 43.9 Å². The molecule has 0 bridgehead atoms. The van der Waals surface area contributed by atoms with Crippen molar-refractivity contribution in [1.29, 1.82) is 0 Å². The van der Waals surface area contributed by atoms with Gasteiger partial charge in [-0.15, -0.1) is 0 Å². The third kappa shape index (κ3) is 4.93. The van der Waals surface area contributed by atoms with Crippen LogP contribution in [0.3, 0.4) is 0 Å². The lowest BCUT2D eigenvalue weighted by Gasteiger charge is -2.34. The zero-order valence-electron chi connectivity index (χ0n) is 22.0. The maximum absolute atomic E-state index is 13.0. The molecule has 1 saturated heterocycles. The number of benzene rings is 3. The highest BCUT2D eigenvalue weighted by atomic mass is 32.1. The van der Waals surface area contributed by atoms with Crippen LogP contribution in [0.1, 0.15) is 27.2 Å². The Morgan fingerprint density at radius 2 is 1.68 bits per heavy atom. The second-order valence-electron chi connectivity index (χ2n) is 9.97. The number of fused-ring (bicyclic) bond motifs is 3. The molecule has 0 atom stereocenters. The first-order valence-corrected chi connectivity index (χ1v) is 13.8. The number of carbonyl (C=O) groups excluding carboxylic acids is 1. The van der Waals surface area contributed by atoms with Gasteiger partial charge in [-0.05, 0) is 73.2 Å². The van der Waals surface area contributed by atoms with Crippen molar-refractivity contribution < 1.29 is 22.7 Å². The second kappa shape index (κ2) is 10.3. The van der Waals surface area contributed by atoms with Gasteiger partial charge in [0.25, 0.3) is 5.91 Å². The molecule has 6 rings (SSSR count). The molecule has 1 aliphatic heterocycles. The first kappa shape index (κ1) is 26.3. The monoisotopic (exact) mass is 564 g/mol. The largest absolute Gasteiger partial charge is 0.497 e. The molecular formula is C30H27F3N4O2S. The van der Waals surface area contributed by atoms with E-state index in [2.05, 4.69) is 34.4 Å². The summed E-state index contributed by atoms with van der Waals surface area (Å²) in [4.78, 5) is 23.0. The van der Waals surface area contributed by atoms with E-state index in [9.17, 15) is 18.0 Å². The Kier molecular flexibility index (Phi) is 6.75. The van der Waals surface area contributed by atoms with Gasteiger partial charge in [0.15, 0.2) is 4.96 Å². The van der Waals surface area contributed by atoms with Crippen molar-refractivity contribution in [2.45, 2.75) is 19.6 Å². The van der Waals surface area contributed by atoms with Crippen LogP contribution in [-0.2, 0) is 12.7 Å². The van der Waals surface area contributed by atoms with Gasteiger partial charge in [-0.2, -0.15) is 13.2 Å². The van der Waals surface area contributed by atoms with Crippen molar-refractivity contribution in [2.75, 3.05) is 33.3 Å². The number of amides is 1. The molecule has 3 aromatic carbocycles. The number of aryl methyl sites for hydroxylation is 1. The summed E-state index contributed by atoms with van der Waals surface area (Å²) < 4.78 is 47.5. The van der Waals surface area contributed by atoms with Crippen molar-refractivity contribution >= 4 is 32.4 Å². The number of carbonyl (C=O) groups is 1. The second-order valence-corrected chi connectivity index (χ2v) is 11.0. The fraction of sp³-hybridized carbons (Fsp3) is 0.267. The number of hydrogen-bond acceptors (Lipinski definition) is 5. The minimum Gasteiger partial charge on any atom is -0.497 e. The summed E-state index contributed by atoms with van der Waals surface area (Å²) in [6.07, 6.45) is -4.43. The third-order valence-electron chi connectivity index (χ3n) is 7.35. The lowest BCUT2D eigenvalue weighted by molar-refractivity contribution is -0.137. The normalized spacial score (nSPS) is 14.8. The molecule has 1 fully saturated rings. The van der Waals surface area contributed by atoms with Crippen molar-refractivity contribution in [2.24, 2.45) is 0 Å². The number of ether oxygens (including phenoxy) is 1. The molecule has 5 aromatic rings. The zero-order valence-corrected chi connectivity index (χ0v) is 22.9. The fourth-order valence-corrected chi connectivity index (χ4v) is 6.31. The molecular weight excluding hydrogens is 537 g/mol. The lowest BCUT2D eigenvalue weighted by atomic mass is 10.1. The first-order chi connectivity index (χ1) is 19.2. The molecule has 2 aromatic heterocycles. The number of piperazine rings is 1. The number of hydrogen-bond donors (Lipinski definition) is 0. The van der Waals surface area contributed by atoms with Gasteiger partial charge in [0.05, 0.1) is 34.3 Å². The van der Waals surface area contributed by atoms with Crippen LogP contribution in [0.25, 0.3) is 26.4 Å². The van der Waals surface area contributed by atoms with Crippen LogP contribution in [-0.4, -0.2) is 58.4 Å². The molecule has 0 saturated carbocycles. The molecule has 10 heteroatoms. The summed E-state index contributed by atoms with van der Waals surface area (Å²) in [7, 11) is 1.64. The SMILES string of the molecule is COc1ccc(-c2nc3sc4cc(C)ccc4n3c2CN2CCN(C(=O)c3ccc(C(F)(F)F)cc3)CC2)cc1. The van der Waals surface area contributed by atoms with E-state index < -0.39 is 11.7 Å². The van der Waals surface area contributed by atoms with Crippen LogP contribution in [0.15, 0.2) is 66.7 Å². The highest BCUT2D eigenvalue weighted by molar-refractivity contribution is 7.23. The summed E-state index contributed by atoms with van der Waals surface area (Å²) in [6.45, 7) is 4.99. The molecule has 0 aliphatic carbocycles. The Morgan fingerprint density at radius 3 is 2.33 bits per heavy atom. The van der Waals surface area contributed by atoms with Crippen LogP contribution in [0.5, 0.6) is 5.75 Å². The molecule has 40 heavy (non-hydrogen) atoms. The molecule has 0 radical (unpaired) electrons. The van der Waals surface area contributed by atoms with E-state index in [0.717, 1.165) is 45.3 Å². The molecule has 206 valence electrons. The Labute approximate surface area is 233 Å². The van der Waals surface area contributed by atoms with Crippen molar-refractivity contribution in [1.82, 2.24) is 19.2 Å². The Hall–Kier alpha value is -3.89. The van der Waals surface area contributed by atoms with E-state index in [0.29, 0.717) is 32.7 Å². The Bertz CT molecular complexity index is 1680. The van der Waals surface area contributed by atoms with Gasteiger partial charge < -0.3 is 9.64 Å². The van der Waals surface area contributed by atoms with Crippen LogP contribution < -0.4 is 4.74 Å². The van der Waals surface area contributed by atoms with Gasteiger partial charge >= 0.3 is 6.18 Å². The number of alkyl halides is 3. The van der Waals surface area contributed by atoms with E-state index in [-0.39, 0.29) is 11.5 Å². The third-order valence-corrected chi connectivity index (χ3v) is 8.36. The number of imidazole rings is 1.